The molecule has 0 aromatic heterocycles. The van der Waals surface area contributed by atoms with Gasteiger partial charge >= 0.3 is 0 Å². The molecule has 116 valence electrons. The number of anilines is 1. The smallest absolute Gasteiger partial charge is 0.250 e. The second-order valence-electron chi connectivity index (χ2n) is 5.35. The lowest BCUT2D eigenvalue weighted by Gasteiger charge is -2.28. The Morgan fingerprint density at radius 2 is 2.05 bits per heavy atom. The minimum Gasteiger partial charge on any atom is -0.497 e. The van der Waals surface area contributed by atoms with Crippen LogP contribution < -0.4 is 15.4 Å². The van der Waals surface area contributed by atoms with Crippen LogP contribution in [0.4, 0.5) is 5.69 Å². The zero-order valence-electron chi connectivity index (χ0n) is 12.7. The van der Waals surface area contributed by atoms with Crippen LogP contribution in [0.25, 0.3) is 0 Å². The maximum absolute atomic E-state index is 11.9. The minimum atomic E-state index is -0.126. The summed E-state index contributed by atoms with van der Waals surface area (Å²) in [6, 6.07) is 7.89. The van der Waals surface area contributed by atoms with Crippen LogP contribution in [0.5, 0.6) is 5.75 Å². The molecule has 0 radical (unpaired) electrons. The van der Waals surface area contributed by atoms with Gasteiger partial charge in [0.2, 0.25) is 5.91 Å². The van der Waals surface area contributed by atoms with Gasteiger partial charge in [-0.3, -0.25) is 4.79 Å². The number of hydrogen-bond donors (Lipinski definition) is 2. The van der Waals surface area contributed by atoms with E-state index in [9.17, 15) is 4.79 Å². The first-order chi connectivity index (χ1) is 10.2. The van der Waals surface area contributed by atoms with E-state index in [1.54, 1.807) is 13.2 Å². The van der Waals surface area contributed by atoms with Crippen LogP contribution in [-0.2, 0) is 9.53 Å². The second kappa shape index (κ2) is 8.00. The number of carbonyl (C=O) groups is 1. The Bertz CT molecular complexity index is 457. The Labute approximate surface area is 126 Å². The fraction of sp³-hybridized carbons (Fsp3) is 0.562. The van der Waals surface area contributed by atoms with Crippen molar-refractivity contribution in [3.05, 3.63) is 24.3 Å². The van der Waals surface area contributed by atoms with Gasteiger partial charge in [-0.1, -0.05) is 6.07 Å². The molecule has 2 rings (SSSR count). The van der Waals surface area contributed by atoms with Crippen molar-refractivity contribution in [3.63, 3.8) is 0 Å². The molecule has 1 fully saturated rings. The van der Waals surface area contributed by atoms with E-state index in [1.165, 1.54) is 0 Å². The number of nitrogens with one attached hydrogen (secondary N) is 2. The molecule has 0 saturated heterocycles. The largest absolute Gasteiger partial charge is 0.497 e. The number of carbonyl (C=O) groups excluding carboxylic acids is 1. The summed E-state index contributed by atoms with van der Waals surface area (Å²) in [5.74, 6) is 0.595. The van der Waals surface area contributed by atoms with Gasteiger partial charge in [-0.05, 0) is 44.9 Å². The molecule has 0 unspecified atom stereocenters. The summed E-state index contributed by atoms with van der Waals surface area (Å²) in [4.78, 5) is 11.9. The minimum absolute atomic E-state index is 0.103. The number of methoxy groups -OCH3 is 1. The van der Waals surface area contributed by atoms with E-state index in [0.29, 0.717) is 6.04 Å². The molecular formula is C16H24N2O3. The lowest BCUT2D eigenvalue weighted by Crippen LogP contribution is -2.34. The van der Waals surface area contributed by atoms with Crippen LogP contribution in [0.1, 0.15) is 25.7 Å². The highest BCUT2D eigenvalue weighted by Crippen LogP contribution is 2.21. The van der Waals surface area contributed by atoms with Crippen molar-refractivity contribution >= 4 is 11.6 Å². The molecule has 5 nitrogen and oxygen atoms in total. The molecule has 0 aliphatic heterocycles. The van der Waals surface area contributed by atoms with E-state index >= 15 is 0 Å². The van der Waals surface area contributed by atoms with Crippen LogP contribution in [0, 0.1) is 0 Å². The van der Waals surface area contributed by atoms with Gasteiger partial charge in [0.25, 0.3) is 0 Å². The van der Waals surface area contributed by atoms with E-state index in [0.717, 1.165) is 37.1 Å². The molecule has 1 amide bonds. The van der Waals surface area contributed by atoms with E-state index in [1.807, 2.05) is 25.2 Å². The van der Waals surface area contributed by atoms with E-state index < -0.39 is 0 Å². The first-order valence-electron chi connectivity index (χ1n) is 7.44. The van der Waals surface area contributed by atoms with Crippen LogP contribution in [-0.4, -0.2) is 38.8 Å². The van der Waals surface area contributed by atoms with Gasteiger partial charge in [-0.2, -0.15) is 0 Å². The molecular weight excluding hydrogens is 268 g/mol. The molecule has 5 heteroatoms. The second-order valence-corrected chi connectivity index (χ2v) is 5.35. The third kappa shape index (κ3) is 5.02. The van der Waals surface area contributed by atoms with Crippen molar-refractivity contribution in [1.29, 1.82) is 0 Å². The van der Waals surface area contributed by atoms with E-state index in [-0.39, 0.29) is 18.6 Å². The average Bonchev–Trinajstić information content (AvgIpc) is 2.53. The molecule has 1 aromatic rings. The quantitative estimate of drug-likeness (QED) is 0.844. The Morgan fingerprint density at radius 3 is 2.71 bits per heavy atom. The standard InChI is InChI=1S/C16H24N2O3/c1-17-12-6-8-14(9-7-12)21-11-16(19)18-13-4-3-5-15(10-13)20-2/h3-5,10,12,14,17H,6-9,11H2,1-2H3,(H,18,19). The molecule has 0 heterocycles. The average molecular weight is 292 g/mol. The van der Waals surface area contributed by atoms with Crippen molar-refractivity contribution < 1.29 is 14.3 Å². The first-order valence-corrected chi connectivity index (χ1v) is 7.44. The van der Waals surface area contributed by atoms with Crippen molar-refractivity contribution in [2.75, 3.05) is 26.1 Å². The van der Waals surface area contributed by atoms with Gasteiger partial charge in [0.1, 0.15) is 12.4 Å². The Balaban J connectivity index is 1.72. The van der Waals surface area contributed by atoms with Crippen molar-refractivity contribution in [2.45, 2.75) is 37.8 Å². The molecule has 0 atom stereocenters. The lowest BCUT2D eigenvalue weighted by molar-refractivity contribution is -0.123. The van der Waals surface area contributed by atoms with Gasteiger partial charge in [-0.25, -0.2) is 0 Å². The number of rotatable bonds is 6. The fourth-order valence-electron chi connectivity index (χ4n) is 2.61. The summed E-state index contributed by atoms with van der Waals surface area (Å²) in [6.07, 6.45) is 4.44. The summed E-state index contributed by atoms with van der Waals surface area (Å²) in [5.41, 5.74) is 0.724. The predicted octanol–water partition coefficient (Wildman–Crippen LogP) is 2.18. The molecule has 0 spiro atoms. The highest BCUT2D eigenvalue weighted by Gasteiger charge is 2.21. The van der Waals surface area contributed by atoms with Gasteiger partial charge in [0, 0.05) is 17.8 Å². The van der Waals surface area contributed by atoms with Crippen LogP contribution >= 0.6 is 0 Å². The Kier molecular flexibility index (Phi) is 6.02. The summed E-state index contributed by atoms with van der Waals surface area (Å²) in [5, 5.41) is 6.11. The van der Waals surface area contributed by atoms with E-state index in [4.69, 9.17) is 9.47 Å². The lowest BCUT2D eigenvalue weighted by atomic mass is 9.93. The zero-order valence-corrected chi connectivity index (χ0v) is 12.7. The summed E-state index contributed by atoms with van der Waals surface area (Å²) >= 11 is 0. The molecule has 21 heavy (non-hydrogen) atoms. The normalized spacial score (nSPS) is 21.8. The van der Waals surface area contributed by atoms with Gasteiger partial charge in [0.05, 0.1) is 13.2 Å². The SMILES string of the molecule is CNC1CCC(OCC(=O)Nc2cccc(OC)c2)CC1. The third-order valence-corrected chi connectivity index (χ3v) is 3.89. The maximum Gasteiger partial charge on any atom is 0.250 e. The third-order valence-electron chi connectivity index (χ3n) is 3.89. The number of benzene rings is 1. The van der Waals surface area contributed by atoms with Gasteiger partial charge in [-0.15, -0.1) is 0 Å². The van der Waals surface area contributed by atoms with Crippen molar-refractivity contribution in [1.82, 2.24) is 5.32 Å². The Hall–Kier alpha value is -1.59. The molecule has 1 aromatic carbocycles. The van der Waals surface area contributed by atoms with E-state index in [2.05, 4.69) is 10.6 Å². The number of amides is 1. The highest BCUT2D eigenvalue weighted by atomic mass is 16.5. The maximum atomic E-state index is 11.9. The van der Waals surface area contributed by atoms with Crippen LogP contribution in [0.2, 0.25) is 0 Å². The molecule has 1 aliphatic rings. The zero-order chi connectivity index (χ0) is 15.1. The molecule has 0 bridgehead atoms. The van der Waals surface area contributed by atoms with Gasteiger partial charge < -0.3 is 20.1 Å². The molecule has 2 N–H and O–H groups in total. The summed E-state index contributed by atoms with van der Waals surface area (Å²) in [7, 11) is 3.60. The van der Waals surface area contributed by atoms with Crippen molar-refractivity contribution in [3.8, 4) is 5.75 Å². The topological polar surface area (TPSA) is 59.6 Å². The van der Waals surface area contributed by atoms with Crippen LogP contribution in [0.15, 0.2) is 24.3 Å². The van der Waals surface area contributed by atoms with Crippen LogP contribution in [0.3, 0.4) is 0 Å². The number of ether oxygens (including phenoxy) is 2. The molecule has 1 aliphatic carbocycles. The van der Waals surface area contributed by atoms with Crippen molar-refractivity contribution in [2.24, 2.45) is 0 Å². The predicted molar refractivity (Wildman–Crippen MR) is 82.7 cm³/mol. The highest BCUT2D eigenvalue weighted by molar-refractivity contribution is 5.91. The fourth-order valence-corrected chi connectivity index (χ4v) is 2.61. The summed E-state index contributed by atoms with van der Waals surface area (Å²) < 4.78 is 10.8. The first kappa shape index (κ1) is 15.8. The Morgan fingerprint density at radius 1 is 1.29 bits per heavy atom. The number of hydrogen-bond acceptors (Lipinski definition) is 4. The molecule has 1 saturated carbocycles. The monoisotopic (exact) mass is 292 g/mol. The summed E-state index contributed by atoms with van der Waals surface area (Å²) in [6.45, 7) is 0.103. The van der Waals surface area contributed by atoms with Gasteiger partial charge in [0.15, 0.2) is 0 Å².